The molecule has 0 heterocycles. The number of amides is 1. The van der Waals surface area contributed by atoms with Crippen LogP contribution >= 0.6 is 0 Å². The number of carbonyl (C=O) groups is 1. The Labute approximate surface area is 174 Å². The summed E-state index contributed by atoms with van der Waals surface area (Å²) in [6.07, 6.45) is 1.16. The molecule has 6 nitrogen and oxygen atoms in total. The topological polar surface area (TPSA) is 78.8 Å². The van der Waals surface area contributed by atoms with E-state index in [9.17, 15) is 17.6 Å². The summed E-state index contributed by atoms with van der Waals surface area (Å²) in [6.45, 7) is 1.39. The van der Waals surface area contributed by atoms with E-state index in [-0.39, 0.29) is 10.5 Å². The molecule has 3 rings (SSSR count). The second kappa shape index (κ2) is 9.32. The first-order valence-corrected chi connectivity index (χ1v) is 10.5. The van der Waals surface area contributed by atoms with Crippen LogP contribution in [0.5, 0.6) is 0 Å². The van der Waals surface area contributed by atoms with E-state index in [1.807, 2.05) is 6.92 Å². The third kappa shape index (κ3) is 5.09. The molecule has 3 aromatic rings. The number of sulfonamides is 1. The molecule has 0 saturated heterocycles. The summed E-state index contributed by atoms with van der Waals surface area (Å²) < 4.78 is 40.9. The number of rotatable bonds is 7. The van der Waals surface area contributed by atoms with Crippen LogP contribution in [0.1, 0.15) is 11.1 Å². The molecule has 0 spiro atoms. The number of anilines is 1. The van der Waals surface area contributed by atoms with Gasteiger partial charge >= 0.3 is 0 Å². The molecule has 0 atom stereocenters. The molecule has 0 fully saturated rings. The molecule has 0 radical (unpaired) electrons. The summed E-state index contributed by atoms with van der Waals surface area (Å²) in [7, 11) is -3.99. The van der Waals surface area contributed by atoms with E-state index in [2.05, 4.69) is 10.5 Å². The Hall–Kier alpha value is -3.52. The van der Waals surface area contributed by atoms with Gasteiger partial charge in [-0.2, -0.15) is 5.10 Å². The highest BCUT2D eigenvalue weighted by Crippen LogP contribution is 2.23. The summed E-state index contributed by atoms with van der Waals surface area (Å²) in [6, 6.07) is 20.6. The van der Waals surface area contributed by atoms with E-state index in [1.165, 1.54) is 24.3 Å². The molecule has 154 valence electrons. The zero-order chi connectivity index (χ0) is 21.6. The zero-order valence-electron chi connectivity index (χ0n) is 16.2. The lowest BCUT2D eigenvalue weighted by molar-refractivity contribution is -0.119. The number of benzene rings is 3. The largest absolute Gasteiger partial charge is 0.271 e. The van der Waals surface area contributed by atoms with E-state index in [1.54, 1.807) is 54.6 Å². The number of hydrogen-bond donors (Lipinski definition) is 1. The summed E-state index contributed by atoms with van der Waals surface area (Å²) in [5.74, 6) is -1.15. The molecule has 0 bridgehead atoms. The first kappa shape index (κ1) is 21.2. The molecule has 8 heteroatoms. The highest BCUT2D eigenvalue weighted by Gasteiger charge is 2.26. The Morgan fingerprint density at radius 3 is 2.30 bits per heavy atom. The maximum Gasteiger partial charge on any atom is 0.264 e. The van der Waals surface area contributed by atoms with Crippen molar-refractivity contribution in [2.45, 2.75) is 11.8 Å². The van der Waals surface area contributed by atoms with Gasteiger partial charge in [0.25, 0.3) is 15.9 Å². The van der Waals surface area contributed by atoms with Crippen LogP contribution in [0.2, 0.25) is 0 Å². The number of carbonyl (C=O) groups excluding carboxylic acids is 1. The van der Waals surface area contributed by atoms with Crippen LogP contribution in [0.15, 0.2) is 88.9 Å². The van der Waals surface area contributed by atoms with Crippen molar-refractivity contribution >= 4 is 27.8 Å². The van der Waals surface area contributed by atoms with Crippen molar-refractivity contribution in [3.8, 4) is 0 Å². The van der Waals surface area contributed by atoms with Crippen LogP contribution in [0.4, 0.5) is 10.1 Å². The third-order valence-electron chi connectivity index (χ3n) is 4.24. The van der Waals surface area contributed by atoms with Gasteiger partial charge in [0.05, 0.1) is 16.8 Å². The van der Waals surface area contributed by atoms with Crippen LogP contribution in [-0.2, 0) is 14.8 Å². The van der Waals surface area contributed by atoms with Crippen molar-refractivity contribution in [2.24, 2.45) is 5.10 Å². The molecular formula is C22H20FN3O3S. The monoisotopic (exact) mass is 425 g/mol. The van der Waals surface area contributed by atoms with Crippen molar-refractivity contribution < 1.29 is 17.6 Å². The molecule has 0 aliphatic rings. The normalized spacial score (nSPS) is 11.4. The fourth-order valence-electron chi connectivity index (χ4n) is 2.67. The Bertz CT molecular complexity index is 1150. The van der Waals surface area contributed by atoms with Crippen LogP contribution in [-0.4, -0.2) is 27.1 Å². The van der Waals surface area contributed by atoms with E-state index in [0.29, 0.717) is 5.69 Å². The van der Waals surface area contributed by atoms with Crippen molar-refractivity contribution in [2.75, 3.05) is 10.8 Å². The second-order valence-corrected chi connectivity index (χ2v) is 8.34. The molecular weight excluding hydrogens is 405 g/mol. The Kier molecular flexibility index (Phi) is 6.58. The number of hydrogen-bond acceptors (Lipinski definition) is 4. The number of hydrazone groups is 1. The minimum atomic E-state index is -3.99. The zero-order valence-corrected chi connectivity index (χ0v) is 17.0. The number of aryl methyl sites for hydroxylation is 1. The van der Waals surface area contributed by atoms with Gasteiger partial charge in [-0.1, -0.05) is 54.1 Å². The van der Waals surface area contributed by atoms with Crippen LogP contribution in [0.25, 0.3) is 0 Å². The molecule has 0 aromatic heterocycles. The van der Waals surface area contributed by atoms with E-state index in [4.69, 9.17) is 0 Å². The predicted molar refractivity (Wildman–Crippen MR) is 114 cm³/mol. The number of nitrogens with zero attached hydrogens (tertiary/aromatic N) is 2. The fourth-order valence-corrected chi connectivity index (χ4v) is 4.11. The molecule has 1 N–H and O–H groups in total. The second-order valence-electron chi connectivity index (χ2n) is 6.47. The average molecular weight is 425 g/mol. The van der Waals surface area contributed by atoms with Gasteiger partial charge < -0.3 is 0 Å². The summed E-state index contributed by atoms with van der Waals surface area (Å²) in [5.41, 5.74) is 3.75. The van der Waals surface area contributed by atoms with Gasteiger partial charge in [-0.3, -0.25) is 9.10 Å². The van der Waals surface area contributed by atoms with Crippen molar-refractivity contribution in [3.63, 3.8) is 0 Å². The lowest BCUT2D eigenvalue weighted by atomic mass is 10.2. The Morgan fingerprint density at radius 2 is 1.63 bits per heavy atom. The van der Waals surface area contributed by atoms with E-state index in [0.717, 1.165) is 16.1 Å². The van der Waals surface area contributed by atoms with Gasteiger partial charge in [0.2, 0.25) is 0 Å². The lowest BCUT2D eigenvalue weighted by Gasteiger charge is -2.23. The third-order valence-corrected chi connectivity index (χ3v) is 6.03. The number of nitrogens with one attached hydrogen (secondary N) is 1. The molecule has 1 amide bonds. The van der Waals surface area contributed by atoms with Gasteiger partial charge in [0.1, 0.15) is 12.4 Å². The fraction of sp³-hybridized carbons (Fsp3) is 0.0909. The first-order valence-electron chi connectivity index (χ1n) is 9.09. The SMILES string of the molecule is Cc1ccc(N(CC(=O)N/N=C/c2ccccc2F)S(=O)(=O)c2ccccc2)cc1. The lowest BCUT2D eigenvalue weighted by Crippen LogP contribution is -2.39. The van der Waals surface area contributed by atoms with Crippen molar-refractivity contribution in [1.29, 1.82) is 0 Å². The van der Waals surface area contributed by atoms with Gasteiger partial charge in [-0.05, 0) is 37.3 Å². The molecule has 0 aliphatic heterocycles. The van der Waals surface area contributed by atoms with Gasteiger partial charge in [-0.15, -0.1) is 0 Å². The van der Waals surface area contributed by atoms with E-state index >= 15 is 0 Å². The molecule has 0 saturated carbocycles. The van der Waals surface area contributed by atoms with Crippen LogP contribution in [0, 0.1) is 12.7 Å². The van der Waals surface area contributed by atoms with Crippen molar-refractivity contribution in [1.82, 2.24) is 5.43 Å². The molecule has 0 unspecified atom stereocenters. The summed E-state index contributed by atoms with van der Waals surface area (Å²) >= 11 is 0. The first-order chi connectivity index (χ1) is 14.4. The minimum absolute atomic E-state index is 0.0632. The predicted octanol–water partition coefficient (Wildman–Crippen LogP) is 3.48. The van der Waals surface area contributed by atoms with Gasteiger partial charge in [0, 0.05) is 5.56 Å². The van der Waals surface area contributed by atoms with Crippen molar-refractivity contribution in [3.05, 3.63) is 95.8 Å². The quantitative estimate of drug-likeness (QED) is 0.465. The molecule has 0 aliphatic carbocycles. The molecule has 3 aromatic carbocycles. The van der Waals surface area contributed by atoms with Crippen LogP contribution < -0.4 is 9.73 Å². The standard InChI is InChI=1S/C22H20FN3O3S/c1-17-11-13-19(14-12-17)26(30(28,29)20-8-3-2-4-9-20)16-22(27)25-24-15-18-7-5-6-10-21(18)23/h2-15H,16H2,1H3,(H,25,27)/b24-15+. The highest BCUT2D eigenvalue weighted by atomic mass is 32.2. The van der Waals surface area contributed by atoms with E-state index < -0.39 is 28.3 Å². The van der Waals surface area contributed by atoms with Gasteiger partial charge in [0.15, 0.2) is 0 Å². The molecule has 30 heavy (non-hydrogen) atoms. The smallest absolute Gasteiger partial charge is 0.264 e. The highest BCUT2D eigenvalue weighted by molar-refractivity contribution is 7.92. The van der Waals surface area contributed by atoms with Crippen LogP contribution in [0.3, 0.4) is 0 Å². The Morgan fingerprint density at radius 1 is 1.00 bits per heavy atom. The Balaban J connectivity index is 1.83. The minimum Gasteiger partial charge on any atom is -0.271 e. The summed E-state index contributed by atoms with van der Waals surface area (Å²) in [5, 5.41) is 3.73. The maximum absolute atomic E-state index is 13.6. The number of halogens is 1. The van der Waals surface area contributed by atoms with Gasteiger partial charge in [-0.25, -0.2) is 18.2 Å². The average Bonchev–Trinajstić information content (AvgIpc) is 2.75. The maximum atomic E-state index is 13.6. The summed E-state index contributed by atoms with van der Waals surface area (Å²) in [4.78, 5) is 12.5.